The van der Waals surface area contributed by atoms with Crippen LogP contribution in [0.25, 0.3) is 0 Å². The van der Waals surface area contributed by atoms with Crippen LogP contribution in [0.4, 0.5) is 5.69 Å². The van der Waals surface area contributed by atoms with Gasteiger partial charge in [0.1, 0.15) is 0 Å². The molecule has 1 aromatic rings. The number of aliphatic hydroxyl groups excluding tert-OH is 1. The third kappa shape index (κ3) is 3.30. The monoisotopic (exact) mass is 357 g/mol. The molecule has 3 rings (SSSR count). The summed E-state index contributed by atoms with van der Waals surface area (Å²) in [5.41, 5.74) is 2.84. The van der Waals surface area contributed by atoms with Crippen molar-refractivity contribution in [3.05, 3.63) is 29.8 Å². The van der Waals surface area contributed by atoms with Gasteiger partial charge in [0, 0.05) is 19.8 Å². The molecule has 0 radical (unpaired) electrons. The summed E-state index contributed by atoms with van der Waals surface area (Å²) in [6.45, 7) is 9.64. The highest BCUT2D eigenvalue weighted by Gasteiger charge is 2.56. The van der Waals surface area contributed by atoms with E-state index in [-0.39, 0.29) is 11.5 Å². The van der Waals surface area contributed by atoms with Gasteiger partial charge in [0.25, 0.3) is 0 Å². The lowest BCUT2D eigenvalue weighted by atomic mass is 9.52. The van der Waals surface area contributed by atoms with E-state index in [0.717, 1.165) is 24.7 Å². The van der Waals surface area contributed by atoms with Gasteiger partial charge >= 0.3 is 0 Å². The molecule has 1 aromatic carbocycles. The fourth-order valence-corrected chi connectivity index (χ4v) is 6.56. The summed E-state index contributed by atoms with van der Waals surface area (Å²) in [7, 11) is 4.20. The number of anilines is 1. The van der Waals surface area contributed by atoms with Crippen molar-refractivity contribution in [2.24, 2.45) is 29.1 Å². The van der Waals surface area contributed by atoms with Crippen LogP contribution in [-0.2, 0) is 0 Å². The van der Waals surface area contributed by atoms with Crippen molar-refractivity contribution in [2.45, 2.75) is 71.8 Å². The number of aliphatic hydroxyl groups is 1. The fraction of sp³-hybridized carbons (Fsp3) is 0.750. The zero-order valence-electron chi connectivity index (χ0n) is 17.7. The molecule has 146 valence electrons. The van der Waals surface area contributed by atoms with Crippen LogP contribution >= 0.6 is 0 Å². The Bertz CT molecular complexity index is 595. The van der Waals surface area contributed by atoms with E-state index >= 15 is 0 Å². The Balaban J connectivity index is 1.97. The number of hydrogen-bond donors (Lipinski definition) is 1. The quantitative estimate of drug-likeness (QED) is 0.730. The predicted molar refractivity (Wildman–Crippen MR) is 112 cm³/mol. The molecule has 2 aliphatic carbocycles. The molecule has 0 bridgehead atoms. The molecule has 2 nitrogen and oxygen atoms in total. The van der Waals surface area contributed by atoms with E-state index in [1.54, 1.807) is 0 Å². The number of rotatable bonds is 5. The van der Waals surface area contributed by atoms with E-state index in [4.69, 9.17) is 0 Å². The maximum Gasteiger partial charge on any atom is 0.0596 e. The van der Waals surface area contributed by atoms with Crippen LogP contribution in [0.1, 0.15) is 71.3 Å². The smallest absolute Gasteiger partial charge is 0.0596 e. The van der Waals surface area contributed by atoms with Crippen molar-refractivity contribution >= 4 is 5.69 Å². The molecule has 0 heterocycles. The van der Waals surface area contributed by atoms with Gasteiger partial charge in [-0.3, -0.25) is 0 Å². The molecule has 2 saturated carbocycles. The third-order valence-electron chi connectivity index (χ3n) is 7.96. The van der Waals surface area contributed by atoms with Crippen LogP contribution in [0.15, 0.2) is 24.3 Å². The summed E-state index contributed by atoms with van der Waals surface area (Å²) in [4.78, 5) is 2.17. The van der Waals surface area contributed by atoms with Crippen molar-refractivity contribution < 1.29 is 5.11 Å². The molecule has 0 saturated heterocycles. The van der Waals surface area contributed by atoms with Crippen LogP contribution in [0.2, 0.25) is 0 Å². The van der Waals surface area contributed by atoms with Crippen molar-refractivity contribution in [3.8, 4) is 0 Å². The number of fused-ring (bicyclic) bond motifs is 1. The maximum atomic E-state index is 10.8. The molecule has 1 N–H and O–H groups in total. The maximum absolute atomic E-state index is 10.8. The second-order valence-corrected chi connectivity index (χ2v) is 9.70. The van der Waals surface area contributed by atoms with Gasteiger partial charge in [0.2, 0.25) is 0 Å². The van der Waals surface area contributed by atoms with E-state index in [1.807, 2.05) is 0 Å². The van der Waals surface area contributed by atoms with Crippen molar-refractivity contribution in [1.29, 1.82) is 0 Å². The van der Waals surface area contributed by atoms with Gasteiger partial charge in [0.15, 0.2) is 0 Å². The molecule has 0 aromatic heterocycles. The summed E-state index contributed by atoms with van der Waals surface area (Å²) in [6.07, 6.45) is 5.80. The first-order valence-electron chi connectivity index (χ1n) is 10.7. The van der Waals surface area contributed by atoms with Crippen molar-refractivity contribution in [3.63, 3.8) is 0 Å². The Kier molecular flexibility index (Phi) is 5.72. The minimum absolute atomic E-state index is 0.0900. The van der Waals surface area contributed by atoms with E-state index in [2.05, 4.69) is 71.0 Å². The molecule has 7 atom stereocenters. The van der Waals surface area contributed by atoms with Crippen LogP contribution in [0.3, 0.4) is 0 Å². The second kappa shape index (κ2) is 7.54. The number of hydrogen-bond acceptors (Lipinski definition) is 2. The fourth-order valence-electron chi connectivity index (χ4n) is 6.56. The highest BCUT2D eigenvalue weighted by Crippen LogP contribution is 2.61. The summed E-state index contributed by atoms with van der Waals surface area (Å²) in [5, 5.41) is 10.8. The highest BCUT2D eigenvalue weighted by atomic mass is 16.3. The van der Waals surface area contributed by atoms with Crippen LogP contribution < -0.4 is 4.90 Å². The van der Waals surface area contributed by atoms with E-state index < -0.39 is 0 Å². The molecular formula is C24H39NO. The molecule has 7 unspecified atom stereocenters. The van der Waals surface area contributed by atoms with Crippen LogP contribution in [0.5, 0.6) is 0 Å². The summed E-state index contributed by atoms with van der Waals surface area (Å²) in [5.74, 6) is 3.40. The van der Waals surface area contributed by atoms with E-state index in [0.29, 0.717) is 17.8 Å². The van der Waals surface area contributed by atoms with Gasteiger partial charge < -0.3 is 10.0 Å². The minimum Gasteiger partial charge on any atom is -0.393 e. The van der Waals surface area contributed by atoms with Crippen LogP contribution in [-0.4, -0.2) is 25.3 Å². The SMILES string of the molecule is CCCC(C)C1C(c2ccc(N(C)C)cc2)CC2(C)C(O)CCC2C1C. The minimum atomic E-state index is -0.124. The lowest BCUT2D eigenvalue weighted by Gasteiger charge is -2.52. The van der Waals surface area contributed by atoms with Crippen molar-refractivity contribution in [1.82, 2.24) is 0 Å². The highest BCUT2D eigenvalue weighted by molar-refractivity contribution is 5.46. The molecule has 2 fully saturated rings. The zero-order valence-corrected chi connectivity index (χ0v) is 17.7. The Morgan fingerprint density at radius 2 is 1.85 bits per heavy atom. The summed E-state index contributed by atoms with van der Waals surface area (Å²) >= 11 is 0. The molecule has 0 spiro atoms. The average Bonchev–Trinajstić information content (AvgIpc) is 2.90. The lowest BCUT2D eigenvalue weighted by molar-refractivity contribution is -0.0517. The van der Waals surface area contributed by atoms with E-state index in [9.17, 15) is 5.11 Å². The number of benzene rings is 1. The Labute approximate surface area is 161 Å². The zero-order chi connectivity index (χ0) is 19.1. The molecular weight excluding hydrogens is 318 g/mol. The molecule has 0 amide bonds. The first-order chi connectivity index (χ1) is 12.3. The second-order valence-electron chi connectivity index (χ2n) is 9.70. The first-order valence-corrected chi connectivity index (χ1v) is 10.7. The van der Waals surface area contributed by atoms with Crippen molar-refractivity contribution in [2.75, 3.05) is 19.0 Å². The number of nitrogens with zero attached hydrogens (tertiary/aromatic N) is 1. The van der Waals surface area contributed by atoms with Gasteiger partial charge in [-0.15, -0.1) is 0 Å². The average molecular weight is 358 g/mol. The van der Waals surface area contributed by atoms with Crippen LogP contribution in [0, 0.1) is 29.1 Å². The lowest BCUT2D eigenvalue weighted by Crippen LogP contribution is -2.47. The van der Waals surface area contributed by atoms with E-state index in [1.165, 1.54) is 30.5 Å². The predicted octanol–water partition coefficient (Wildman–Crippen LogP) is 5.71. The van der Waals surface area contributed by atoms with Gasteiger partial charge in [0.05, 0.1) is 6.10 Å². The standard InChI is InChI=1S/C24H39NO/c1-7-8-16(2)23-17(3)21-13-14-22(26)24(21,4)15-20(23)18-9-11-19(12-10-18)25(5)6/h9-12,16-17,20-23,26H,7-8,13-15H2,1-6H3. The summed E-state index contributed by atoms with van der Waals surface area (Å²) < 4.78 is 0. The molecule has 26 heavy (non-hydrogen) atoms. The largest absolute Gasteiger partial charge is 0.393 e. The molecule has 2 aliphatic rings. The Morgan fingerprint density at radius 1 is 1.19 bits per heavy atom. The van der Waals surface area contributed by atoms with Gasteiger partial charge in [-0.2, -0.15) is 0 Å². The third-order valence-corrected chi connectivity index (χ3v) is 7.96. The van der Waals surface area contributed by atoms with Gasteiger partial charge in [-0.05, 0) is 72.0 Å². The normalized spacial score (nSPS) is 38.0. The Hall–Kier alpha value is -1.02. The topological polar surface area (TPSA) is 23.5 Å². The summed E-state index contributed by atoms with van der Waals surface area (Å²) in [6, 6.07) is 9.23. The Morgan fingerprint density at radius 3 is 2.42 bits per heavy atom. The molecule has 0 aliphatic heterocycles. The molecule has 2 heteroatoms. The van der Waals surface area contributed by atoms with Gasteiger partial charge in [-0.1, -0.05) is 52.7 Å². The first kappa shape index (κ1) is 19.7. The van der Waals surface area contributed by atoms with Gasteiger partial charge in [-0.25, -0.2) is 0 Å².